The Morgan fingerprint density at radius 1 is 1.21 bits per heavy atom. The molecule has 0 aromatic heterocycles. The van der Waals surface area contributed by atoms with Crippen LogP contribution in [0.15, 0.2) is 0 Å². The molecule has 15 nitrogen and oxygen atoms in total. The van der Waals surface area contributed by atoms with E-state index in [1.165, 1.54) is 6.92 Å². The quantitative estimate of drug-likeness (QED) is 0.236. The maximum Gasteiger partial charge on any atom is 0.374 e. The molecule has 0 saturated carbocycles. The highest BCUT2D eigenvalue weighted by molar-refractivity contribution is 7.64. The van der Waals surface area contributed by atoms with Crippen molar-refractivity contribution in [2.24, 2.45) is 0 Å². The van der Waals surface area contributed by atoms with Gasteiger partial charge in [-0.25, -0.2) is 4.31 Å². The lowest BCUT2D eigenvalue weighted by Crippen LogP contribution is -2.51. The van der Waals surface area contributed by atoms with Crippen LogP contribution in [0, 0.1) is 10.1 Å². The maximum atomic E-state index is 11.3. The fourth-order valence-electron chi connectivity index (χ4n) is 1.78. The van der Waals surface area contributed by atoms with Gasteiger partial charge in [0.15, 0.2) is 12.7 Å². The topological polar surface area (TPSA) is 244 Å². The number of phosphoric ester groups is 1. The first-order valence-corrected chi connectivity index (χ1v) is 10.2. The first-order chi connectivity index (χ1) is 10.6. The van der Waals surface area contributed by atoms with Crippen LogP contribution >= 0.6 is 23.5 Å². The molecule has 0 aliphatic carbocycles. The Morgan fingerprint density at radius 2 is 1.75 bits per heavy atom. The number of phosphoric acid groups is 3. The highest BCUT2D eigenvalue weighted by Crippen LogP contribution is 2.60. The average molecular weight is 413 g/mol. The third-order valence-electron chi connectivity index (χ3n) is 2.62. The molecule has 1 fully saturated rings. The summed E-state index contributed by atoms with van der Waals surface area (Å²) in [6, 6.07) is 0. The summed E-state index contributed by atoms with van der Waals surface area (Å²) in [6.07, 6.45) is -2.88. The van der Waals surface area contributed by atoms with Gasteiger partial charge in [0, 0.05) is 6.42 Å². The summed E-state index contributed by atoms with van der Waals surface area (Å²) in [4.78, 5) is 52.4. The summed E-state index contributed by atoms with van der Waals surface area (Å²) in [5.74, 6) is 0. The van der Waals surface area contributed by atoms with E-state index in [-0.39, 0.29) is 6.42 Å². The smallest absolute Gasteiger partial charge is 0.374 e. The number of aliphatic hydroxyl groups excluding tert-OH is 1. The highest BCUT2D eigenvalue weighted by Gasteiger charge is 2.59. The lowest BCUT2D eigenvalue weighted by Gasteiger charge is -2.37. The maximum absolute atomic E-state index is 11.3. The van der Waals surface area contributed by atoms with Crippen LogP contribution in [-0.2, 0) is 31.6 Å². The van der Waals surface area contributed by atoms with Crippen LogP contribution in [0.2, 0.25) is 0 Å². The standard InChI is InChI=1S/C6H14NO14P3/c1-4-2-5(8)6(19-4,7(9)10)3-18-23(14,15)21-24(16,17)20-22(11,12)13/h4-5,8H,2-3H2,1H3,(H,14,15)(H,16,17)(H2,11,12,13)/p-4/t4-,5+,6+/m0/s1. The predicted molar refractivity (Wildman–Crippen MR) is 61.8 cm³/mol. The molecule has 1 aliphatic heterocycles. The zero-order valence-electron chi connectivity index (χ0n) is 11.6. The molecule has 0 aromatic carbocycles. The van der Waals surface area contributed by atoms with Crippen LogP contribution in [0.3, 0.4) is 0 Å². The molecular weight excluding hydrogens is 403 g/mol. The number of rotatable bonds is 8. The Balaban J connectivity index is 2.84. The van der Waals surface area contributed by atoms with Crippen molar-refractivity contribution in [3.8, 4) is 0 Å². The molecule has 1 heterocycles. The van der Waals surface area contributed by atoms with Gasteiger partial charge in [0.1, 0.15) is 0 Å². The minimum Gasteiger partial charge on any atom is -0.790 e. The van der Waals surface area contributed by atoms with Crippen molar-refractivity contribution < 1.29 is 61.2 Å². The molecule has 0 spiro atoms. The van der Waals surface area contributed by atoms with Crippen molar-refractivity contribution in [1.82, 2.24) is 0 Å². The molecule has 0 bridgehead atoms. The molecule has 1 N–H and O–H groups in total. The fourth-order valence-corrected chi connectivity index (χ4v) is 4.66. The highest BCUT2D eigenvalue weighted by atomic mass is 31.3. The van der Waals surface area contributed by atoms with Crippen LogP contribution in [-0.4, -0.2) is 34.6 Å². The minimum atomic E-state index is -6.18. The molecule has 2 unspecified atom stereocenters. The van der Waals surface area contributed by atoms with Crippen molar-refractivity contribution in [1.29, 1.82) is 0 Å². The lowest BCUT2D eigenvalue weighted by molar-refractivity contribution is -0.638. The van der Waals surface area contributed by atoms with Gasteiger partial charge in [0.2, 0.25) is 0 Å². The van der Waals surface area contributed by atoms with Crippen LogP contribution < -0.4 is 19.6 Å². The summed E-state index contributed by atoms with van der Waals surface area (Å²) in [6.45, 7) is -0.153. The first-order valence-electron chi connectivity index (χ1n) is 5.80. The van der Waals surface area contributed by atoms with Crippen molar-refractivity contribution in [3.05, 3.63) is 10.1 Å². The monoisotopic (exact) mass is 413 g/mol. The van der Waals surface area contributed by atoms with E-state index in [4.69, 9.17) is 4.74 Å². The second-order valence-electron chi connectivity index (χ2n) is 4.56. The van der Waals surface area contributed by atoms with Gasteiger partial charge < -0.3 is 38.5 Å². The molecule has 1 saturated heterocycles. The predicted octanol–water partition coefficient (Wildman–Crippen LogP) is -3.06. The Morgan fingerprint density at radius 3 is 2.12 bits per heavy atom. The van der Waals surface area contributed by atoms with Gasteiger partial charge in [-0.3, -0.25) is 23.6 Å². The number of nitrogens with zero attached hydrogens (tertiary/aromatic N) is 1. The van der Waals surface area contributed by atoms with Gasteiger partial charge in [-0.1, -0.05) is 0 Å². The first kappa shape index (κ1) is 21.8. The number of nitro groups is 1. The van der Waals surface area contributed by atoms with Gasteiger partial charge in [0.25, 0.3) is 15.6 Å². The minimum absolute atomic E-state index is 0.243. The van der Waals surface area contributed by atoms with Gasteiger partial charge in [-0.2, -0.15) is 0 Å². The molecular formula is C6H10NO14P3-4. The largest absolute Gasteiger partial charge is 0.790 e. The summed E-state index contributed by atoms with van der Waals surface area (Å²) >= 11 is 0. The molecule has 0 amide bonds. The molecule has 0 aromatic rings. The lowest BCUT2D eigenvalue weighted by atomic mass is 10.1. The Kier molecular flexibility index (Phi) is 6.49. The number of aliphatic hydroxyl groups is 1. The zero-order valence-corrected chi connectivity index (χ0v) is 14.3. The SMILES string of the molecule is C[C@H]1C[C@@H](O)[C@](COP(=O)([O-])OP(=O)([O-])OP(=O)([O-])[O-])([N+](=O)[O-])O1. The summed E-state index contributed by atoms with van der Waals surface area (Å²) in [5, 5.41) is 20.6. The normalized spacial score (nSPS) is 32.9. The fraction of sp³-hybridized carbons (Fsp3) is 1.00. The van der Waals surface area contributed by atoms with Gasteiger partial charge in [-0.05, 0) is 6.92 Å². The van der Waals surface area contributed by atoms with E-state index in [2.05, 4.69) is 13.1 Å². The van der Waals surface area contributed by atoms with Crippen LogP contribution in [0.5, 0.6) is 0 Å². The second-order valence-corrected chi connectivity index (χ2v) is 8.81. The van der Waals surface area contributed by atoms with Crippen molar-refractivity contribution in [3.63, 3.8) is 0 Å². The third-order valence-corrected chi connectivity index (χ3v) is 6.26. The Labute approximate surface area is 133 Å². The molecule has 142 valence electrons. The summed E-state index contributed by atoms with van der Waals surface area (Å²) in [5.41, 5.74) is -2.72. The molecule has 1 rings (SSSR count). The van der Waals surface area contributed by atoms with Crippen molar-refractivity contribution >= 4 is 23.5 Å². The van der Waals surface area contributed by atoms with E-state index in [0.717, 1.165) is 0 Å². The van der Waals surface area contributed by atoms with Crippen molar-refractivity contribution in [2.75, 3.05) is 6.61 Å². The summed E-state index contributed by atoms with van der Waals surface area (Å²) in [7, 11) is -18.3. The van der Waals surface area contributed by atoms with Crippen LogP contribution in [0.25, 0.3) is 0 Å². The van der Waals surface area contributed by atoms with E-state index < -0.39 is 52.9 Å². The third kappa shape index (κ3) is 5.92. The number of hydrogen-bond donors (Lipinski definition) is 1. The van der Waals surface area contributed by atoms with E-state index in [9.17, 15) is 48.5 Å². The van der Waals surface area contributed by atoms with Gasteiger partial charge >= 0.3 is 5.72 Å². The average Bonchev–Trinajstić information content (AvgIpc) is 2.57. The zero-order chi connectivity index (χ0) is 19.0. The molecule has 1 aliphatic rings. The summed E-state index contributed by atoms with van der Waals surface area (Å²) < 4.78 is 47.3. The number of ether oxygens (including phenoxy) is 1. The van der Waals surface area contributed by atoms with Crippen LogP contribution in [0.4, 0.5) is 0 Å². The molecule has 5 atom stereocenters. The van der Waals surface area contributed by atoms with Crippen molar-refractivity contribution in [2.45, 2.75) is 31.3 Å². The van der Waals surface area contributed by atoms with Gasteiger partial charge in [-0.15, -0.1) is 0 Å². The van der Waals surface area contributed by atoms with E-state index >= 15 is 0 Å². The second kappa shape index (κ2) is 7.16. The van der Waals surface area contributed by atoms with Crippen LogP contribution in [0.1, 0.15) is 13.3 Å². The van der Waals surface area contributed by atoms with E-state index in [0.29, 0.717) is 0 Å². The Bertz CT molecular complexity index is 630. The molecule has 18 heteroatoms. The van der Waals surface area contributed by atoms with E-state index in [1.54, 1.807) is 0 Å². The Hall–Kier alpha value is -0.270. The van der Waals surface area contributed by atoms with E-state index in [1.807, 2.05) is 0 Å². The molecule has 24 heavy (non-hydrogen) atoms. The van der Waals surface area contributed by atoms with Gasteiger partial charge in [0.05, 0.1) is 18.8 Å². The number of hydrogen-bond acceptors (Lipinski definition) is 14. The molecule has 0 radical (unpaired) electrons.